The Labute approximate surface area is 108 Å². The van der Waals surface area contributed by atoms with Gasteiger partial charge in [0.15, 0.2) is 0 Å². The number of halogens is 2. The minimum absolute atomic E-state index is 0.0772. The molecule has 0 bridgehead atoms. The number of carbonyl (C=O) groups excluding carboxylic acids is 1. The van der Waals surface area contributed by atoms with Crippen LogP contribution in [0.1, 0.15) is 11.5 Å². The van der Waals surface area contributed by atoms with Crippen molar-refractivity contribution in [1.82, 2.24) is 0 Å². The second-order valence-electron chi connectivity index (χ2n) is 3.90. The number of nitrogens with one attached hydrogen (secondary N) is 1. The summed E-state index contributed by atoms with van der Waals surface area (Å²) < 4.78 is 31.2. The Kier molecular flexibility index (Phi) is 3.75. The summed E-state index contributed by atoms with van der Waals surface area (Å²) in [5, 5.41) is 2.31. The summed E-state index contributed by atoms with van der Waals surface area (Å²) in [4.78, 5) is 11.5. The Balaban J connectivity index is 2.03. The van der Waals surface area contributed by atoms with E-state index in [1.165, 1.54) is 12.2 Å². The molecule has 0 saturated heterocycles. The van der Waals surface area contributed by atoms with Gasteiger partial charge in [-0.05, 0) is 37.3 Å². The lowest BCUT2D eigenvalue weighted by atomic mass is 10.3. The molecule has 1 N–H and O–H groups in total. The van der Waals surface area contributed by atoms with Gasteiger partial charge in [0.2, 0.25) is 5.91 Å². The molecule has 1 aromatic heterocycles. The number of aryl methyl sites for hydroxylation is 1. The number of hydrogen-bond donors (Lipinski definition) is 1. The SMILES string of the molecule is Cc1ccc(C=CC(=O)Nc2ccc(F)cc2F)o1. The zero-order valence-corrected chi connectivity index (χ0v) is 10.1. The van der Waals surface area contributed by atoms with Gasteiger partial charge >= 0.3 is 0 Å². The number of amides is 1. The van der Waals surface area contributed by atoms with Gasteiger partial charge in [0.25, 0.3) is 0 Å². The summed E-state index contributed by atoms with van der Waals surface area (Å²) in [6.45, 7) is 1.78. The summed E-state index contributed by atoms with van der Waals surface area (Å²) in [5.74, 6) is -0.802. The van der Waals surface area contributed by atoms with Gasteiger partial charge in [-0.15, -0.1) is 0 Å². The van der Waals surface area contributed by atoms with Gasteiger partial charge in [0, 0.05) is 12.1 Å². The zero-order chi connectivity index (χ0) is 13.8. The van der Waals surface area contributed by atoms with Crippen molar-refractivity contribution in [3.05, 3.63) is 59.6 Å². The fraction of sp³-hybridized carbons (Fsp3) is 0.0714. The lowest BCUT2D eigenvalue weighted by molar-refractivity contribution is -0.111. The van der Waals surface area contributed by atoms with E-state index in [0.29, 0.717) is 11.8 Å². The second kappa shape index (κ2) is 5.48. The van der Waals surface area contributed by atoms with Crippen LogP contribution in [-0.4, -0.2) is 5.91 Å². The molecule has 0 aliphatic heterocycles. The average Bonchev–Trinajstić information content (AvgIpc) is 2.76. The Morgan fingerprint density at radius 2 is 2.05 bits per heavy atom. The van der Waals surface area contributed by atoms with Gasteiger partial charge < -0.3 is 9.73 Å². The molecule has 3 nitrogen and oxygen atoms in total. The highest BCUT2D eigenvalue weighted by Crippen LogP contribution is 2.15. The summed E-state index contributed by atoms with van der Waals surface area (Å²) in [6, 6.07) is 6.40. The molecule has 1 heterocycles. The van der Waals surface area contributed by atoms with Crippen LogP contribution in [0.15, 0.2) is 40.8 Å². The highest BCUT2D eigenvalue weighted by atomic mass is 19.1. The molecule has 0 atom stereocenters. The third-order valence-corrected chi connectivity index (χ3v) is 2.35. The van der Waals surface area contributed by atoms with Gasteiger partial charge in [-0.25, -0.2) is 8.78 Å². The van der Waals surface area contributed by atoms with Gasteiger partial charge in [0.1, 0.15) is 23.2 Å². The normalized spacial score (nSPS) is 10.9. The van der Waals surface area contributed by atoms with Crippen LogP contribution in [0.25, 0.3) is 6.08 Å². The molecule has 5 heteroatoms. The van der Waals surface area contributed by atoms with Gasteiger partial charge in [0.05, 0.1) is 5.69 Å². The van der Waals surface area contributed by atoms with Gasteiger partial charge in [-0.2, -0.15) is 0 Å². The van der Waals surface area contributed by atoms with Gasteiger partial charge in [-0.1, -0.05) is 0 Å². The molecule has 0 radical (unpaired) electrons. The monoisotopic (exact) mass is 263 g/mol. The summed E-state index contributed by atoms with van der Waals surface area (Å²) >= 11 is 0. The number of rotatable bonds is 3. The van der Waals surface area contributed by atoms with Crippen LogP contribution in [0.4, 0.5) is 14.5 Å². The van der Waals surface area contributed by atoms with Crippen LogP contribution >= 0.6 is 0 Å². The molecule has 2 aromatic rings. The standard InChI is InChI=1S/C14H11F2NO2/c1-9-2-4-11(19-9)5-7-14(18)17-13-6-3-10(15)8-12(13)16/h2-8H,1H3,(H,17,18). The lowest BCUT2D eigenvalue weighted by Crippen LogP contribution is -2.09. The number of hydrogen-bond acceptors (Lipinski definition) is 2. The van der Waals surface area contributed by atoms with E-state index in [9.17, 15) is 13.6 Å². The van der Waals surface area contributed by atoms with E-state index >= 15 is 0 Å². The summed E-state index contributed by atoms with van der Waals surface area (Å²) in [6.07, 6.45) is 2.67. The summed E-state index contributed by atoms with van der Waals surface area (Å²) in [5.41, 5.74) is -0.0772. The molecular formula is C14H11F2NO2. The largest absolute Gasteiger partial charge is 0.462 e. The minimum Gasteiger partial charge on any atom is -0.462 e. The first-order valence-electron chi connectivity index (χ1n) is 5.55. The molecule has 19 heavy (non-hydrogen) atoms. The molecule has 0 spiro atoms. The van der Waals surface area contributed by atoms with Crippen LogP contribution in [0.3, 0.4) is 0 Å². The Bertz CT molecular complexity index is 632. The predicted molar refractivity (Wildman–Crippen MR) is 67.5 cm³/mol. The van der Waals surface area contributed by atoms with Crippen LogP contribution in [0.2, 0.25) is 0 Å². The van der Waals surface area contributed by atoms with E-state index in [4.69, 9.17) is 4.42 Å². The van der Waals surface area contributed by atoms with Crippen molar-refractivity contribution < 1.29 is 18.0 Å². The number of benzene rings is 1. The highest BCUT2D eigenvalue weighted by Gasteiger charge is 2.05. The van der Waals surface area contributed by atoms with Crippen molar-refractivity contribution in [2.24, 2.45) is 0 Å². The Morgan fingerprint density at radius 1 is 1.26 bits per heavy atom. The van der Waals surface area contributed by atoms with E-state index in [-0.39, 0.29) is 5.69 Å². The van der Waals surface area contributed by atoms with Crippen molar-refractivity contribution in [1.29, 1.82) is 0 Å². The van der Waals surface area contributed by atoms with E-state index in [1.54, 1.807) is 19.1 Å². The molecular weight excluding hydrogens is 252 g/mol. The molecule has 1 aromatic carbocycles. The minimum atomic E-state index is -0.824. The first-order valence-corrected chi connectivity index (χ1v) is 5.55. The first kappa shape index (κ1) is 13.0. The number of furan rings is 1. The Morgan fingerprint density at radius 3 is 2.68 bits per heavy atom. The van der Waals surface area contributed by atoms with E-state index < -0.39 is 17.5 Å². The fourth-order valence-corrected chi connectivity index (χ4v) is 1.47. The molecule has 1 amide bonds. The number of carbonyl (C=O) groups is 1. The third-order valence-electron chi connectivity index (χ3n) is 2.35. The molecule has 0 fully saturated rings. The highest BCUT2D eigenvalue weighted by molar-refractivity contribution is 6.01. The predicted octanol–water partition coefficient (Wildman–Crippen LogP) is 3.52. The molecule has 98 valence electrons. The van der Waals surface area contributed by atoms with E-state index in [1.807, 2.05) is 0 Å². The van der Waals surface area contributed by atoms with Crippen LogP contribution in [-0.2, 0) is 4.79 Å². The van der Waals surface area contributed by atoms with Crippen molar-refractivity contribution in [3.63, 3.8) is 0 Å². The fourth-order valence-electron chi connectivity index (χ4n) is 1.47. The molecule has 0 aliphatic rings. The zero-order valence-electron chi connectivity index (χ0n) is 10.1. The maximum Gasteiger partial charge on any atom is 0.248 e. The maximum absolute atomic E-state index is 13.3. The van der Waals surface area contributed by atoms with Crippen LogP contribution < -0.4 is 5.32 Å². The van der Waals surface area contributed by atoms with E-state index in [0.717, 1.165) is 17.9 Å². The molecule has 0 unspecified atom stereocenters. The molecule has 0 saturated carbocycles. The summed E-state index contributed by atoms with van der Waals surface area (Å²) in [7, 11) is 0. The average molecular weight is 263 g/mol. The topological polar surface area (TPSA) is 42.2 Å². The smallest absolute Gasteiger partial charge is 0.248 e. The second-order valence-corrected chi connectivity index (χ2v) is 3.90. The lowest BCUT2D eigenvalue weighted by Gasteiger charge is -2.03. The van der Waals surface area contributed by atoms with Gasteiger partial charge in [-0.3, -0.25) is 4.79 Å². The quantitative estimate of drug-likeness (QED) is 0.861. The maximum atomic E-state index is 13.3. The van der Waals surface area contributed by atoms with Crippen molar-refractivity contribution in [3.8, 4) is 0 Å². The van der Waals surface area contributed by atoms with Crippen molar-refractivity contribution >= 4 is 17.7 Å². The Hall–Kier alpha value is -2.43. The number of anilines is 1. The van der Waals surface area contributed by atoms with E-state index in [2.05, 4.69) is 5.32 Å². The van der Waals surface area contributed by atoms with Crippen LogP contribution in [0, 0.1) is 18.6 Å². The molecule has 2 rings (SSSR count). The first-order chi connectivity index (χ1) is 9.04. The van der Waals surface area contributed by atoms with Crippen molar-refractivity contribution in [2.45, 2.75) is 6.92 Å². The van der Waals surface area contributed by atoms with Crippen LogP contribution in [0.5, 0.6) is 0 Å². The molecule has 0 aliphatic carbocycles. The van der Waals surface area contributed by atoms with Crippen molar-refractivity contribution in [2.75, 3.05) is 5.32 Å². The third kappa shape index (κ3) is 3.51.